The first-order valence-electron chi connectivity index (χ1n) is 8.13. The molecule has 2 rings (SSSR count). The molecule has 1 aromatic carbocycles. The number of amides is 2. The van der Waals surface area contributed by atoms with Gasteiger partial charge in [-0.2, -0.15) is 0 Å². The number of carbonyl (C=O) groups excluding carboxylic acids is 2. The molecule has 10 heteroatoms. The van der Waals surface area contributed by atoms with E-state index in [2.05, 4.69) is 20.6 Å². The Morgan fingerprint density at radius 3 is 2.41 bits per heavy atom. The number of aromatic hydroxyl groups is 1. The Morgan fingerprint density at radius 2 is 1.93 bits per heavy atom. The highest BCUT2D eigenvalue weighted by Crippen LogP contribution is 2.13. The Labute approximate surface area is 156 Å². The molecule has 0 fully saturated rings. The molecule has 0 saturated carbocycles. The average molecular weight is 377 g/mol. The van der Waals surface area contributed by atoms with Gasteiger partial charge in [-0.1, -0.05) is 0 Å². The summed E-state index contributed by atoms with van der Waals surface area (Å²) in [6.45, 7) is 1.96. The van der Waals surface area contributed by atoms with Gasteiger partial charge in [0.05, 0.1) is 5.71 Å². The number of hydrogen-bond donors (Lipinski definition) is 5. The van der Waals surface area contributed by atoms with Crippen LogP contribution in [0.25, 0.3) is 0 Å². The molecule has 0 aromatic heterocycles. The Morgan fingerprint density at radius 1 is 1.26 bits per heavy atom. The number of hydrogen-bond acceptors (Lipinski definition) is 7. The number of nitrogens with zero attached hydrogens (tertiary/aromatic N) is 2. The van der Waals surface area contributed by atoms with Crippen molar-refractivity contribution in [1.82, 2.24) is 5.32 Å². The molecule has 1 heterocycles. The third-order valence-electron chi connectivity index (χ3n) is 3.20. The lowest BCUT2D eigenvalue weighted by atomic mass is 10.1. The lowest BCUT2D eigenvalue weighted by molar-refractivity contribution is -0.141. The van der Waals surface area contributed by atoms with Gasteiger partial charge in [-0.3, -0.25) is 19.6 Å². The van der Waals surface area contributed by atoms with Gasteiger partial charge in [-0.25, -0.2) is 4.79 Å². The summed E-state index contributed by atoms with van der Waals surface area (Å²) in [6, 6.07) is 5.34. The van der Waals surface area contributed by atoms with Crippen molar-refractivity contribution in [3.8, 4) is 5.75 Å². The second-order valence-electron chi connectivity index (χ2n) is 5.53. The number of nitrogens with one attached hydrogen (secondary N) is 2. The molecule has 0 spiro atoms. The van der Waals surface area contributed by atoms with Gasteiger partial charge in [-0.05, 0) is 24.3 Å². The van der Waals surface area contributed by atoms with Crippen LogP contribution in [0.4, 0.5) is 5.69 Å². The first kappa shape index (κ1) is 21.8. The van der Waals surface area contributed by atoms with Gasteiger partial charge in [0.2, 0.25) is 11.8 Å². The molecular weight excluding hydrogens is 354 g/mol. The van der Waals surface area contributed by atoms with Crippen LogP contribution in [0, 0.1) is 0 Å². The van der Waals surface area contributed by atoms with Crippen LogP contribution in [0.2, 0.25) is 0 Å². The number of nitrogens with two attached hydrogens (primary N) is 1. The Bertz CT molecular complexity index is 715. The van der Waals surface area contributed by atoms with E-state index >= 15 is 0 Å². The van der Waals surface area contributed by atoms with Crippen molar-refractivity contribution in [2.45, 2.75) is 25.8 Å². The Kier molecular flexibility index (Phi) is 9.16. The van der Waals surface area contributed by atoms with Crippen LogP contribution >= 0.6 is 0 Å². The summed E-state index contributed by atoms with van der Waals surface area (Å²) in [7, 11) is 0. The van der Waals surface area contributed by atoms with Crippen molar-refractivity contribution in [3.63, 3.8) is 0 Å². The van der Waals surface area contributed by atoms with E-state index in [1.165, 1.54) is 25.3 Å². The minimum absolute atomic E-state index is 0.115. The van der Waals surface area contributed by atoms with Crippen molar-refractivity contribution < 1.29 is 24.6 Å². The number of aliphatic imine (C=N–C) groups is 2. The molecule has 27 heavy (non-hydrogen) atoms. The van der Waals surface area contributed by atoms with Crippen LogP contribution in [0.3, 0.4) is 0 Å². The summed E-state index contributed by atoms with van der Waals surface area (Å²) in [6.07, 6.45) is 1.78. The number of aliphatic carboxylic acids is 1. The van der Waals surface area contributed by atoms with Crippen LogP contribution in [-0.2, 0) is 14.4 Å². The molecule has 6 N–H and O–H groups in total. The minimum atomic E-state index is -1.09. The summed E-state index contributed by atoms with van der Waals surface area (Å²) in [4.78, 5) is 40.4. The highest BCUT2D eigenvalue weighted by atomic mass is 16.4. The zero-order valence-electron chi connectivity index (χ0n) is 14.9. The van der Waals surface area contributed by atoms with Gasteiger partial charge in [-0.15, -0.1) is 0 Å². The first-order chi connectivity index (χ1) is 12.8. The number of rotatable bonds is 7. The van der Waals surface area contributed by atoms with Crippen molar-refractivity contribution in [2.24, 2.45) is 15.7 Å². The minimum Gasteiger partial charge on any atom is -0.508 e. The van der Waals surface area contributed by atoms with E-state index in [1.54, 1.807) is 12.1 Å². The predicted octanol–water partition coefficient (Wildman–Crippen LogP) is 0.128. The zero-order valence-corrected chi connectivity index (χ0v) is 14.9. The standard InChI is InChI=1S/C9H14N4O3.C8H9NO2/c10-2-1-8(14)13-7(9(15)16)3-6-4-11-5-12-6;1-6(10)9-7-2-4-8(11)5-3-7/h4,7H,1-3,5,10H2,(H,13,14)(H,15,16);2-5,11H,1H3,(H,9,10)/t7-;/m1./s1. The maximum absolute atomic E-state index is 11.2. The second-order valence-corrected chi connectivity index (χ2v) is 5.53. The fourth-order valence-electron chi connectivity index (χ4n) is 1.99. The Hall–Kier alpha value is -3.27. The largest absolute Gasteiger partial charge is 0.508 e. The summed E-state index contributed by atoms with van der Waals surface area (Å²) < 4.78 is 0. The number of phenols is 1. The van der Waals surface area contributed by atoms with E-state index in [9.17, 15) is 14.4 Å². The number of phenolic OH excluding ortho intramolecular Hbond substituents is 1. The SMILES string of the molecule is CC(=O)Nc1ccc(O)cc1.NCCC(=O)N[C@H](CC1=NCN=C1)C(=O)O. The maximum atomic E-state index is 11.2. The van der Waals surface area contributed by atoms with Crippen LogP contribution in [0.5, 0.6) is 5.75 Å². The van der Waals surface area contributed by atoms with Crippen LogP contribution in [0.15, 0.2) is 34.3 Å². The smallest absolute Gasteiger partial charge is 0.326 e. The van der Waals surface area contributed by atoms with Crippen LogP contribution in [-0.4, -0.2) is 59.2 Å². The van der Waals surface area contributed by atoms with Gasteiger partial charge < -0.3 is 26.6 Å². The maximum Gasteiger partial charge on any atom is 0.326 e. The molecule has 0 bridgehead atoms. The van der Waals surface area contributed by atoms with Crippen molar-refractivity contribution in [2.75, 3.05) is 18.5 Å². The lowest BCUT2D eigenvalue weighted by Gasteiger charge is -2.13. The molecule has 1 atom stereocenters. The van der Waals surface area contributed by atoms with Gasteiger partial charge in [0, 0.05) is 38.2 Å². The first-order valence-corrected chi connectivity index (χ1v) is 8.13. The van der Waals surface area contributed by atoms with Crippen molar-refractivity contribution in [1.29, 1.82) is 0 Å². The van der Waals surface area contributed by atoms with Gasteiger partial charge >= 0.3 is 5.97 Å². The van der Waals surface area contributed by atoms with Gasteiger partial charge in [0.25, 0.3) is 0 Å². The van der Waals surface area contributed by atoms with E-state index in [1.807, 2.05) is 0 Å². The molecule has 0 radical (unpaired) electrons. The number of benzene rings is 1. The van der Waals surface area contributed by atoms with E-state index in [0.717, 1.165) is 0 Å². The topological polar surface area (TPSA) is 166 Å². The molecule has 1 aromatic rings. The summed E-state index contributed by atoms with van der Waals surface area (Å²) in [5, 5.41) is 22.7. The Balaban J connectivity index is 0.000000289. The molecule has 0 saturated heterocycles. The van der Waals surface area contributed by atoms with E-state index in [4.69, 9.17) is 15.9 Å². The van der Waals surface area contributed by atoms with Gasteiger partial charge in [0.15, 0.2) is 0 Å². The lowest BCUT2D eigenvalue weighted by Crippen LogP contribution is -2.42. The summed E-state index contributed by atoms with van der Waals surface area (Å²) in [5.41, 5.74) is 6.47. The predicted molar refractivity (Wildman–Crippen MR) is 101 cm³/mol. The number of carboxylic acid groups (broad SMARTS) is 1. The van der Waals surface area contributed by atoms with Crippen molar-refractivity contribution in [3.05, 3.63) is 24.3 Å². The monoisotopic (exact) mass is 377 g/mol. The highest BCUT2D eigenvalue weighted by Gasteiger charge is 2.21. The molecule has 1 aliphatic heterocycles. The van der Waals surface area contributed by atoms with E-state index in [-0.39, 0.29) is 37.0 Å². The molecule has 2 amide bonds. The number of carboxylic acids is 1. The second kappa shape index (κ2) is 11.4. The van der Waals surface area contributed by atoms with Crippen LogP contribution in [0.1, 0.15) is 19.8 Å². The fourth-order valence-corrected chi connectivity index (χ4v) is 1.99. The zero-order chi connectivity index (χ0) is 20.2. The summed E-state index contributed by atoms with van der Waals surface area (Å²) in [5.74, 6) is -1.38. The molecule has 0 unspecified atom stereocenters. The normalized spacial score (nSPS) is 13.0. The average Bonchev–Trinajstić information content (AvgIpc) is 3.10. The number of anilines is 1. The molecule has 0 aliphatic carbocycles. The third-order valence-corrected chi connectivity index (χ3v) is 3.20. The number of carbonyl (C=O) groups is 3. The molecular formula is C17H23N5O5. The van der Waals surface area contributed by atoms with E-state index < -0.39 is 12.0 Å². The van der Waals surface area contributed by atoms with Gasteiger partial charge in [0.1, 0.15) is 18.5 Å². The summed E-state index contributed by atoms with van der Waals surface area (Å²) >= 11 is 0. The fraction of sp³-hybridized carbons (Fsp3) is 0.353. The third kappa shape index (κ3) is 9.12. The highest BCUT2D eigenvalue weighted by molar-refractivity contribution is 6.32. The quantitative estimate of drug-likeness (QED) is 0.423. The molecule has 10 nitrogen and oxygen atoms in total. The van der Waals surface area contributed by atoms with E-state index in [0.29, 0.717) is 18.1 Å². The van der Waals surface area contributed by atoms with Crippen LogP contribution < -0.4 is 16.4 Å². The van der Waals surface area contributed by atoms with Crippen molar-refractivity contribution >= 4 is 35.4 Å². The molecule has 1 aliphatic rings. The molecule has 146 valence electrons.